The summed E-state index contributed by atoms with van der Waals surface area (Å²) in [6, 6.07) is 8.08. The minimum Gasteiger partial charge on any atom is -0.508 e. The Labute approximate surface area is 155 Å². The van der Waals surface area contributed by atoms with Crippen molar-refractivity contribution in [2.24, 2.45) is 17.8 Å². The van der Waals surface area contributed by atoms with Crippen LogP contribution in [0.2, 0.25) is 0 Å². The molecule has 4 bridgehead atoms. The molecule has 1 N–H and O–H groups in total. The number of phenols is 1. The van der Waals surface area contributed by atoms with Crippen molar-refractivity contribution >= 4 is 0 Å². The van der Waals surface area contributed by atoms with Gasteiger partial charge in [-0.3, -0.25) is 0 Å². The molecule has 7 rings (SSSR count). The van der Waals surface area contributed by atoms with Crippen molar-refractivity contribution in [1.29, 1.82) is 0 Å². The van der Waals surface area contributed by atoms with Crippen LogP contribution in [0.5, 0.6) is 5.75 Å². The van der Waals surface area contributed by atoms with Gasteiger partial charge in [0.25, 0.3) is 0 Å². The third-order valence-electron chi connectivity index (χ3n) is 6.93. The molecule has 2 unspecified atom stereocenters. The van der Waals surface area contributed by atoms with E-state index in [4.69, 9.17) is 14.2 Å². The highest BCUT2D eigenvalue weighted by molar-refractivity contribution is 5.33. The maximum Gasteiger partial charge on any atom is 0.115 e. The van der Waals surface area contributed by atoms with E-state index in [-0.39, 0.29) is 0 Å². The lowest BCUT2D eigenvalue weighted by Gasteiger charge is -2.57. The summed E-state index contributed by atoms with van der Waals surface area (Å²) < 4.78 is 15.1. The molecule has 142 valence electrons. The summed E-state index contributed by atoms with van der Waals surface area (Å²) in [5.41, 5.74) is 1.97. The first kappa shape index (κ1) is 17.0. The molecule has 1 aromatic rings. The van der Waals surface area contributed by atoms with Crippen LogP contribution in [-0.2, 0) is 19.6 Å². The van der Waals surface area contributed by atoms with Crippen LogP contribution < -0.4 is 0 Å². The van der Waals surface area contributed by atoms with Gasteiger partial charge in [-0.15, -0.1) is 0 Å². The molecule has 4 saturated carbocycles. The molecule has 4 nitrogen and oxygen atoms in total. The number of hydrogen-bond donors (Lipinski definition) is 1. The maximum atomic E-state index is 9.44. The number of hydrogen-bond acceptors (Lipinski definition) is 4. The summed E-state index contributed by atoms with van der Waals surface area (Å²) in [7, 11) is 0. The minimum absolute atomic E-state index is 0.392. The van der Waals surface area contributed by atoms with Crippen molar-refractivity contribution in [2.75, 3.05) is 26.4 Å². The van der Waals surface area contributed by atoms with Gasteiger partial charge in [-0.25, -0.2) is 0 Å². The Kier molecular flexibility index (Phi) is 4.46. The Morgan fingerprint density at radius 2 is 1.31 bits per heavy atom. The van der Waals surface area contributed by atoms with Crippen LogP contribution in [0.3, 0.4) is 0 Å². The third kappa shape index (κ3) is 3.78. The number of aromatic hydroxyl groups is 1. The maximum absolute atomic E-state index is 9.44. The number of benzene rings is 1. The fourth-order valence-corrected chi connectivity index (χ4v) is 5.94. The number of rotatable bonds is 5. The number of epoxide rings is 2. The molecule has 1 aromatic carbocycles. The number of phenolic OH excluding ortho intramolecular Hbond substituents is 1. The predicted molar refractivity (Wildman–Crippen MR) is 98.3 cm³/mol. The van der Waals surface area contributed by atoms with Gasteiger partial charge in [-0.2, -0.15) is 0 Å². The van der Waals surface area contributed by atoms with E-state index in [1.807, 2.05) is 12.1 Å². The molecule has 0 spiro atoms. The van der Waals surface area contributed by atoms with Gasteiger partial charge in [-0.1, -0.05) is 12.1 Å². The summed E-state index contributed by atoms with van der Waals surface area (Å²) in [6.07, 6.45) is 9.50. The van der Waals surface area contributed by atoms with Crippen LogP contribution in [0.25, 0.3) is 0 Å². The molecular formula is C22H30O4. The van der Waals surface area contributed by atoms with Crippen molar-refractivity contribution in [3.8, 4) is 5.75 Å². The fraction of sp³-hybridized carbons (Fsp3) is 0.727. The van der Waals surface area contributed by atoms with Gasteiger partial charge in [0.2, 0.25) is 0 Å². The van der Waals surface area contributed by atoms with Crippen LogP contribution in [0.4, 0.5) is 0 Å². The Morgan fingerprint density at radius 1 is 0.846 bits per heavy atom. The highest BCUT2D eigenvalue weighted by Crippen LogP contribution is 2.60. The first-order valence-corrected chi connectivity index (χ1v) is 10.3. The fourth-order valence-electron chi connectivity index (χ4n) is 5.94. The van der Waals surface area contributed by atoms with Crippen LogP contribution in [0.1, 0.15) is 44.1 Å². The van der Waals surface area contributed by atoms with Gasteiger partial charge in [-0.05, 0) is 79.4 Å². The number of ether oxygens (including phenoxy) is 3. The Balaban J connectivity index is 0.000000141. The molecule has 2 heterocycles. The van der Waals surface area contributed by atoms with Crippen LogP contribution >= 0.6 is 0 Å². The second-order valence-electron chi connectivity index (χ2n) is 9.19. The second-order valence-corrected chi connectivity index (χ2v) is 9.19. The molecule has 2 atom stereocenters. The van der Waals surface area contributed by atoms with E-state index in [0.717, 1.165) is 44.2 Å². The van der Waals surface area contributed by atoms with E-state index in [1.54, 1.807) is 0 Å². The smallest absolute Gasteiger partial charge is 0.115 e. The third-order valence-corrected chi connectivity index (χ3v) is 6.93. The van der Waals surface area contributed by atoms with E-state index in [2.05, 4.69) is 12.1 Å². The van der Waals surface area contributed by atoms with E-state index < -0.39 is 0 Å². The van der Waals surface area contributed by atoms with Gasteiger partial charge in [0.1, 0.15) is 18.0 Å². The Hall–Kier alpha value is -1.10. The Bertz CT molecular complexity index is 570. The first-order chi connectivity index (χ1) is 12.7. The second kappa shape index (κ2) is 6.81. The lowest BCUT2D eigenvalue weighted by Crippen LogP contribution is -2.48. The van der Waals surface area contributed by atoms with Crippen molar-refractivity contribution in [1.82, 2.24) is 0 Å². The molecule has 0 radical (unpaired) electrons. The summed E-state index contributed by atoms with van der Waals surface area (Å²) in [6.45, 7) is 3.26. The lowest BCUT2D eigenvalue weighted by atomic mass is 9.48. The molecule has 4 aliphatic carbocycles. The largest absolute Gasteiger partial charge is 0.508 e. The lowest BCUT2D eigenvalue weighted by molar-refractivity contribution is -0.00520. The first-order valence-electron chi connectivity index (χ1n) is 10.3. The zero-order chi connectivity index (χ0) is 17.6. The summed E-state index contributed by atoms with van der Waals surface area (Å²) in [5, 5.41) is 9.44. The van der Waals surface area contributed by atoms with Crippen molar-refractivity contribution < 1.29 is 19.3 Å². The average Bonchev–Trinajstić information content (AvgIpc) is 3.50. The zero-order valence-corrected chi connectivity index (χ0v) is 15.4. The highest BCUT2D eigenvalue weighted by atomic mass is 16.6. The van der Waals surface area contributed by atoms with E-state index >= 15 is 0 Å². The van der Waals surface area contributed by atoms with Gasteiger partial charge >= 0.3 is 0 Å². The van der Waals surface area contributed by atoms with E-state index in [0.29, 0.717) is 23.4 Å². The molecule has 4 heteroatoms. The van der Waals surface area contributed by atoms with Crippen molar-refractivity contribution in [3.63, 3.8) is 0 Å². The summed E-state index contributed by atoms with van der Waals surface area (Å²) in [4.78, 5) is 0. The molecule has 2 aliphatic heterocycles. The van der Waals surface area contributed by atoms with Crippen molar-refractivity contribution in [2.45, 2.75) is 56.1 Å². The summed E-state index contributed by atoms with van der Waals surface area (Å²) >= 11 is 0. The molecule has 6 fully saturated rings. The van der Waals surface area contributed by atoms with Gasteiger partial charge in [0.05, 0.1) is 26.4 Å². The SMILES string of the molecule is C(OCC1CO1)C1CO1.Oc1ccc(C23CC4CC(CC(C4)C2)C3)cc1. The van der Waals surface area contributed by atoms with Crippen LogP contribution in [-0.4, -0.2) is 43.7 Å². The molecule has 0 amide bonds. The standard InChI is InChI=1S/C16H20O.C6H10O3/c17-15-3-1-14(2-4-15)16-8-11-5-12(9-16)7-13(6-11)10-16;1(5-3-8-5)7-2-6-4-9-6/h1-4,11-13,17H,5-10H2;5-6H,1-4H2. The van der Waals surface area contributed by atoms with Gasteiger partial charge < -0.3 is 19.3 Å². The summed E-state index contributed by atoms with van der Waals surface area (Å²) in [5.74, 6) is 3.39. The zero-order valence-electron chi connectivity index (χ0n) is 15.4. The molecule has 0 aromatic heterocycles. The monoisotopic (exact) mass is 358 g/mol. The molecule has 26 heavy (non-hydrogen) atoms. The Morgan fingerprint density at radius 3 is 1.73 bits per heavy atom. The average molecular weight is 358 g/mol. The van der Waals surface area contributed by atoms with E-state index in [9.17, 15) is 5.11 Å². The van der Waals surface area contributed by atoms with E-state index in [1.165, 1.54) is 44.1 Å². The predicted octanol–water partition coefficient (Wildman–Crippen LogP) is 3.66. The van der Waals surface area contributed by atoms with Crippen molar-refractivity contribution in [3.05, 3.63) is 29.8 Å². The molecular weight excluding hydrogens is 328 g/mol. The normalized spacial score (nSPS) is 41.5. The minimum atomic E-state index is 0.392. The van der Waals surface area contributed by atoms with Crippen LogP contribution in [0.15, 0.2) is 24.3 Å². The highest BCUT2D eigenvalue weighted by Gasteiger charge is 2.51. The van der Waals surface area contributed by atoms with Gasteiger partial charge in [0.15, 0.2) is 0 Å². The van der Waals surface area contributed by atoms with Crippen LogP contribution in [0, 0.1) is 17.8 Å². The molecule has 6 aliphatic rings. The molecule has 2 saturated heterocycles. The van der Waals surface area contributed by atoms with Gasteiger partial charge in [0, 0.05) is 0 Å². The topological polar surface area (TPSA) is 54.5 Å². The quantitative estimate of drug-likeness (QED) is 0.816.